The van der Waals surface area contributed by atoms with Gasteiger partial charge in [0.05, 0.1) is 11.4 Å². The Morgan fingerprint density at radius 2 is 0.539 bits per heavy atom. The molecule has 548 valence electrons. The van der Waals surface area contributed by atoms with Gasteiger partial charge in [-0.2, -0.15) is 0 Å². The van der Waals surface area contributed by atoms with E-state index in [1.807, 2.05) is 24.8 Å². The minimum Gasteiger partial charge on any atom is -0.352 e. The molecule has 14 aromatic carbocycles. The molecule has 0 amide bonds. The fourth-order valence-corrected chi connectivity index (χ4v) is 18.0. The molecule has 0 fully saturated rings. The van der Waals surface area contributed by atoms with Crippen LogP contribution in [0.1, 0.15) is 52.7 Å². The summed E-state index contributed by atoms with van der Waals surface area (Å²) in [5, 5.41) is 9.19. The summed E-state index contributed by atoms with van der Waals surface area (Å²) in [5.41, 5.74) is 31.3. The van der Waals surface area contributed by atoms with Crippen LogP contribution in [0.15, 0.2) is 352 Å². The van der Waals surface area contributed by atoms with Crippen LogP contribution in [0.3, 0.4) is 0 Å². The number of nitrogens with zero attached hydrogens (tertiary/aromatic N) is 8. The third-order valence-corrected chi connectivity index (χ3v) is 23.5. The molecule has 0 N–H and O–H groups in total. The average Bonchev–Trinajstić information content (AvgIpc) is 0.697. The van der Waals surface area contributed by atoms with Crippen molar-refractivity contribution in [1.82, 2.24) is 19.9 Å². The van der Waals surface area contributed by atoms with Gasteiger partial charge in [-0.05, 0) is 208 Å². The predicted octanol–water partition coefficient (Wildman–Crippen LogP) is 22.6. The van der Waals surface area contributed by atoms with Crippen molar-refractivity contribution in [3.63, 3.8) is 0 Å². The Kier molecular flexibility index (Phi) is 17.3. The summed E-state index contributed by atoms with van der Waals surface area (Å²) < 4.78 is 0. The molecule has 22 rings (SSSR count). The normalized spacial score (nSPS) is 13.0. The number of pyridine rings is 4. The van der Waals surface area contributed by atoms with E-state index in [1.54, 1.807) is 0 Å². The van der Waals surface area contributed by atoms with Crippen LogP contribution in [0.2, 0.25) is 0 Å². The molecule has 0 bridgehead atoms. The first-order valence-electron chi connectivity index (χ1n) is 39.4. The first-order valence-corrected chi connectivity index (χ1v) is 39.4. The van der Waals surface area contributed by atoms with E-state index in [1.165, 1.54) is 77.9 Å². The van der Waals surface area contributed by atoms with Gasteiger partial charge in [0.15, 0.2) is 0 Å². The zero-order valence-corrected chi connectivity index (χ0v) is 66.8. The van der Waals surface area contributed by atoms with Crippen molar-refractivity contribution in [1.29, 1.82) is 0 Å². The maximum atomic E-state index is 5.02. The van der Waals surface area contributed by atoms with Crippen LogP contribution in [0.4, 0.5) is 68.2 Å². The number of hydrogen-bond donors (Lipinski definition) is 0. The fraction of sp³-hybridized carbons (Fsp3) is 0.0769. The SMILES string of the molecule is CC(C)(C)c1cc2c3c(c1)N(c1ccccc1)c1ccc(-c4nccc5ccccc45)[c-]c1B3c1[c-]c(-c3nccc4ccccc34)ccc1N2c1ccccc1.CC(C)(C)c1cc2c3c(c1)N(c1ccccc1)c1ccc(-c4nccc5ccccc45)cc1B3c1cc(-c3nccc4ccccc34)ccc1N2c1ccccc1.[Pt+2]. The van der Waals surface area contributed by atoms with Gasteiger partial charge in [0.25, 0.3) is 6.71 Å². The van der Waals surface area contributed by atoms with Crippen LogP contribution in [0.25, 0.3) is 88.1 Å². The van der Waals surface area contributed by atoms with Crippen LogP contribution >= 0.6 is 0 Å². The second-order valence-corrected chi connectivity index (χ2v) is 32.3. The second-order valence-electron chi connectivity index (χ2n) is 32.3. The maximum absolute atomic E-state index is 5.02. The quantitative estimate of drug-likeness (QED) is 0.110. The number of fused-ring (bicyclic) bond motifs is 12. The first kappa shape index (κ1) is 70.8. The molecule has 0 saturated carbocycles. The number of para-hydroxylation sites is 4. The van der Waals surface area contributed by atoms with Gasteiger partial charge in [0.2, 0.25) is 6.71 Å². The molecule has 8 heterocycles. The summed E-state index contributed by atoms with van der Waals surface area (Å²) in [4.78, 5) is 29.9. The summed E-state index contributed by atoms with van der Waals surface area (Å²) in [6.07, 6.45) is 7.69. The van der Waals surface area contributed by atoms with Crippen molar-refractivity contribution >= 4 is 158 Å². The van der Waals surface area contributed by atoms with Crippen molar-refractivity contribution < 1.29 is 21.1 Å². The molecule has 18 aromatic rings. The van der Waals surface area contributed by atoms with Crippen molar-refractivity contribution in [3.8, 4) is 45.0 Å². The average molecular weight is 1650 g/mol. The maximum Gasteiger partial charge on any atom is 2.00 e. The van der Waals surface area contributed by atoms with Gasteiger partial charge in [0, 0.05) is 104 Å². The van der Waals surface area contributed by atoms with Crippen molar-refractivity contribution in [2.75, 3.05) is 19.6 Å². The Balaban J connectivity index is 0.000000147. The smallest absolute Gasteiger partial charge is 0.352 e. The zero-order valence-electron chi connectivity index (χ0n) is 64.5. The van der Waals surface area contributed by atoms with Gasteiger partial charge in [-0.15, -0.1) is 58.5 Å². The van der Waals surface area contributed by atoms with Crippen molar-refractivity contribution in [3.05, 3.63) is 376 Å². The van der Waals surface area contributed by atoms with Crippen molar-refractivity contribution in [2.24, 2.45) is 0 Å². The van der Waals surface area contributed by atoms with Gasteiger partial charge in [-0.25, -0.2) is 0 Å². The molecule has 0 saturated heterocycles. The van der Waals surface area contributed by atoms with Gasteiger partial charge >= 0.3 is 21.1 Å². The van der Waals surface area contributed by atoms with E-state index in [0.717, 1.165) is 122 Å². The third kappa shape index (κ3) is 11.9. The van der Waals surface area contributed by atoms with E-state index in [4.69, 9.17) is 19.9 Å². The molecule has 0 radical (unpaired) electrons. The number of anilines is 12. The van der Waals surface area contributed by atoms with E-state index < -0.39 is 0 Å². The van der Waals surface area contributed by atoms with Crippen molar-refractivity contribution in [2.45, 2.75) is 52.4 Å². The molecule has 0 unspecified atom stereocenters. The Labute approximate surface area is 686 Å². The summed E-state index contributed by atoms with van der Waals surface area (Å²) in [7, 11) is 0. The fourth-order valence-electron chi connectivity index (χ4n) is 18.0. The molecule has 0 aliphatic carbocycles. The minimum absolute atomic E-state index is 0. The Hall–Kier alpha value is -13.3. The Morgan fingerprint density at radius 3 is 0.870 bits per heavy atom. The van der Waals surface area contributed by atoms with Crippen LogP contribution in [-0.4, -0.2) is 33.4 Å². The number of hydrogen-bond acceptors (Lipinski definition) is 8. The number of benzene rings is 14. The van der Waals surface area contributed by atoms with E-state index in [9.17, 15) is 0 Å². The number of aromatic nitrogens is 4. The molecule has 4 aromatic heterocycles. The molecule has 11 heteroatoms. The minimum atomic E-state index is -0.182. The molecule has 0 atom stereocenters. The zero-order chi connectivity index (χ0) is 76.5. The van der Waals surface area contributed by atoms with E-state index in [2.05, 4.69) is 401 Å². The second kappa shape index (κ2) is 28.1. The van der Waals surface area contributed by atoms with E-state index in [-0.39, 0.29) is 45.3 Å². The van der Waals surface area contributed by atoms with Gasteiger partial charge in [-0.3, -0.25) is 9.97 Å². The van der Waals surface area contributed by atoms with Crippen LogP contribution in [-0.2, 0) is 31.9 Å². The monoisotopic (exact) mass is 1650 g/mol. The van der Waals surface area contributed by atoms with Gasteiger partial charge in [-0.1, -0.05) is 236 Å². The summed E-state index contributed by atoms with van der Waals surface area (Å²) in [6, 6.07) is 126. The molecule has 8 nitrogen and oxygen atoms in total. The standard InChI is InChI=1S/C52H39BN4.C52H37BN4.Pt/c2*1-52(2,3)38-32-47-49-48(33-38)57(40-18-8-5-9-19-40)46-25-23-37(51-42-21-13-11-15-35(42)27-29-55-51)31-44(46)53(49)43-30-36(50-41-20-12-10-14-34(41)26-28-54-50)22-24-45(43)56(47)39-16-6-4-7-17-39;/h4-33H,1-3H3;4-29,32-33H,1-3H3;/q;-2;+2. The third-order valence-electron chi connectivity index (χ3n) is 23.5. The molecule has 0 spiro atoms. The first-order chi connectivity index (χ1) is 55.8. The predicted molar refractivity (Wildman–Crippen MR) is 479 cm³/mol. The molecular weight excluding hydrogens is 1580 g/mol. The molecule has 115 heavy (non-hydrogen) atoms. The summed E-state index contributed by atoms with van der Waals surface area (Å²) >= 11 is 0. The van der Waals surface area contributed by atoms with Crippen LogP contribution in [0.5, 0.6) is 0 Å². The van der Waals surface area contributed by atoms with Crippen LogP contribution < -0.4 is 52.4 Å². The van der Waals surface area contributed by atoms with Gasteiger partial charge < -0.3 is 29.6 Å². The van der Waals surface area contributed by atoms with Crippen LogP contribution in [0, 0.1) is 12.1 Å². The van der Waals surface area contributed by atoms with Gasteiger partial charge in [0.1, 0.15) is 0 Å². The Morgan fingerprint density at radius 1 is 0.261 bits per heavy atom. The Bertz CT molecular complexity index is 6060. The van der Waals surface area contributed by atoms with E-state index >= 15 is 0 Å². The van der Waals surface area contributed by atoms with E-state index in [0.29, 0.717) is 0 Å². The molecule has 4 aliphatic heterocycles. The topological polar surface area (TPSA) is 64.5 Å². The molecular formula is C104H76B2N8Pt. The summed E-state index contributed by atoms with van der Waals surface area (Å²) in [6.45, 7) is 13.6. The summed E-state index contributed by atoms with van der Waals surface area (Å²) in [5.74, 6) is 0. The largest absolute Gasteiger partial charge is 2.00 e. The molecule has 4 aliphatic rings. The number of rotatable bonds is 8.